The van der Waals surface area contributed by atoms with Crippen molar-refractivity contribution in [1.82, 2.24) is 16.0 Å². The van der Waals surface area contributed by atoms with Crippen LogP contribution in [0.5, 0.6) is 0 Å². The molecule has 0 aromatic heterocycles. The number of hydrogen-bond donors (Lipinski definition) is 3. The highest BCUT2D eigenvalue weighted by atomic mass is 16.2. The molecule has 3 N–H and O–H groups in total. The lowest BCUT2D eigenvalue weighted by Crippen LogP contribution is -2.37. The van der Waals surface area contributed by atoms with Gasteiger partial charge in [0.1, 0.15) is 0 Å². The molecule has 0 radical (unpaired) electrons. The van der Waals surface area contributed by atoms with Crippen LogP contribution in [0.25, 0.3) is 0 Å². The second-order valence-corrected chi connectivity index (χ2v) is 5.34. The molecule has 1 saturated heterocycles. The lowest BCUT2D eigenvalue weighted by atomic mass is 10.1. The zero-order valence-electron chi connectivity index (χ0n) is 12.4. The van der Waals surface area contributed by atoms with Gasteiger partial charge in [-0.2, -0.15) is 0 Å². The van der Waals surface area contributed by atoms with Crippen molar-refractivity contribution in [3.8, 4) is 0 Å². The van der Waals surface area contributed by atoms with Crippen LogP contribution in [0.2, 0.25) is 0 Å². The smallest absolute Gasteiger partial charge is 0.251 e. The van der Waals surface area contributed by atoms with Crippen molar-refractivity contribution in [1.29, 1.82) is 0 Å². The lowest BCUT2D eigenvalue weighted by molar-refractivity contribution is 0.0950. The molecule has 1 atom stereocenters. The molecule has 2 rings (SSSR count). The Bertz CT molecular complexity index is 496. The van der Waals surface area contributed by atoms with Crippen LogP contribution in [0.3, 0.4) is 0 Å². The first-order valence-corrected chi connectivity index (χ1v) is 7.60. The van der Waals surface area contributed by atoms with Crippen molar-refractivity contribution in [2.45, 2.75) is 32.2 Å². The summed E-state index contributed by atoms with van der Waals surface area (Å²) in [5.74, 6) is -0.266. The summed E-state index contributed by atoms with van der Waals surface area (Å²) < 4.78 is 0. The Morgan fingerprint density at radius 1 is 1.24 bits per heavy atom. The molecule has 114 valence electrons. The third kappa shape index (κ3) is 4.56. The predicted molar refractivity (Wildman–Crippen MR) is 82.4 cm³/mol. The van der Waals surface area contributed by atoms with Crippen molar-refractivity contribution < 1.29 is 9.59 Å². The summed E-state index contributed by atoms with van der Waals surface area (Å²) in [7, 11) is 0. The molecule has 5 heteroatoms. The molecule has 1 fully saturated rings. The van der Waals surface area contributed by atoms with Gasteiger partial charge in [0.2, 0.25) is 0 Å². The van der Waals surface area contributed by atoms with Gasteiger partial charge in [0.15, 0.2) is 0 Å². The normalized spacial score (nSPS) is 17.5. The summed E-state index contributed by atoms with van der Waals surface area (Å²) in [6.45, 7) is 4.29. The molecule has 0 spiro atoms. The predicted octanol–water partition coefficient (Wildman–Crippen LogP) is 1.31. The summed E-state index contributed by atoms with van der Waals surface area (Å²) in [6, 6.07) is 7.20. The topological polar surface area (TPSA) is 70.2 Å². The monoisotopic (exact) mass is 289 g/mol. The number of rotatable bonds is 6. The molecule has 1 aliphatic rings. The standard InChI is InChI=1S/C16H23N3O2/c1-2-8-18-15(20)12-5-3-6-13(10-12)16(21)19-11-14-7-4-9-17-14/h3,5-6,10,14,17H,2,4,7-9,11H2,1H3,(H,18,20)(H,19,21). The first-order valence-electron chi connectivity index (χ1n) is 7.60. The Hall–Kier alpha value is -1.88. The van der Waals surface area contributed by atoms with Gasteiger partial charge < -0.3 is 16.0 Å². The lowest BCUT2D eigenvalue weighted by Gasteiger charge is -2.12. The molecule has 0 saturated carbocycles. The van der Waals surface area contributed by atoms with Crippen LogP contribution in [0, 0.1) is 0 Å². The van der Waals surface area contributed by atoms with E-state index < -0.39 is 0 Å². The minimum Gasteiger partial charge on any atom is -0.352 e. The van der Waals surface area contributed by atoms with Crippen molar-refractivity contribution in [3.63, 3.8) is 0 Å². The van der Waals surface area contributed by atoms with Crippen LogP contribution in [0.1, 0.15) is 46.9 Å². The summed E-state index contributed by atoms with van der Waals surface area (Å²) in [5, 5.41) is 9.07. The Balaban J connectivity index is 1.92. The van der Waals surface area contributed by atoms with Gasteiger partial charge in [-0.25, -0.2) is 0 Å². The maximum absolute atomic E-state index is 12.1. The number of amides is 2. The van der Waals surface area contributed by atoms with Crippen molar-refractivity contribution >= 4 is 11.8 Å². The highest BCUT2D eigenvalue weighted by Crippen LogP contribution is 2.07. The van der Waals surface area contributed by atoms with E-state index in [0.717, 1.165) is 25.8 Å². The van der Waals surface area contributed by atoms with E-state index in [1.807, 2.05) is 6.92 Å². The molecule has 0 aliphatic carbocycles. The van der Waals surface area contributed by atoms with Gasteiger partial charge in [0.05, 0.1) is 0 Å². The van der Waals surface area contributed by atoms with Gasteiger partial charge in [-0.1, -0.05) is 13.0 Å². The number of carbonyl (C=O) groups excluding carboxylic acids is 2. The van der Waals surface area contributed by atoms with Crippen molar-refractivity contribution in [2.75, 3.05) is 19.6 Å². The summed E-state index contributed by atoms with van der Waals surface area (Å²) >= 11 is 0. The first kappa shape index (κ1) is 15.5. The van der Waals surface area contributed by atoms with E-state index in [9.17, 15) is 9.59 Å². The summed E-state index contributed by atoms with van der Waals surface area (Å²) in [4.78, 5) is 24.0. The number of benzene rings is 1. The molecule has 1 unspecified atom stereocenters. The molecule has 1 aliphatic heterocycles. The van der Waals surface area contributed by atoms with Crippen LogP contribution in [0.4, 0.5) is 0 Å². The number of hydrogen-bond acceptors (Lipinski definition) is 3. The molecule has 1 heterocycles. The van der Waals surface area contributed by atoms with Crippen LogP contribution in [-0.2, 0) is 0 Å². The number of carbonyl (C=O) groups is 2. The van der Waals surface area contributed by atoms with E-state index in [-0.39, 0.29) is 11.8 Å². The largest absolute Gasteiger partial charge is 0.352 e. The van der Waals surface area contributed by atoms with E-state index in [0.29, 0.717) is 30.3 Å². The third-order valence-electron chi connectivity index (χ3n) is 3.59. The molecule has 1 aromatic carbocycles. The Morgan fingerprint density at radius 3 is 2.57 bits per heavy atom. The van der Waals surface area contributed by atoms with Crippen LogP contribution in [0.15, 0.2) is 24.3 Å². The fourth-order valence-corrected chi connectivity index (χ4v) is 2.39. The van der Waals surface area contributed by atoms with Gasteiger partial charge in [0.25, 0.3) is 11.8 Å². The molecule has 2 amide bonds. The Labute approximate surface area is 125 Å². The van der Waals surface area contributed by atoms with Gasteiger partial charge >= 0.3 is 0 Å². The van der Waals surface area contributed by atoms with Gasteiger partial charge in [-0.15, -0.1) is 0 Å². The molecule has 0 bridgehead atoms. The zero-order valence-corrected chi connectivity index (χ0v) is 12.4. The van der Waals surface area contributed by atoms with Crippen molar-refractivity contribution in [2.24, 2.45) is 0 Å². The number of nitrogens with one attached hydrogen (secondary N) is 3. The SMILES string of the molecule is CCCNC(=O)c1cccc(C(=O)NCC2CCCN2)c1. The van der Waals surface area contributed by atoms with E-state index >= 15 is 0 Å². The van der Waals surface area contributed by atoms with E-state index in [2.05, 4.69) is 16.0 Å². The Morgan fingerprint density at radius 2 is 1.95 bits per heavy atom. The van der Waals surface area contributed by atoms with Crippen molar-refractivity contribution in [3.05, 3.63) is 35.4 Å². The zero-order chi connectivity index (χ0) is 15.1. The summed E-state index contributed by atoms with van der Waals surface area (Å²) in [6.07, 6.45) is 3.15. The second-order valence-electron chi connectivity index (χ2n) is 5.34. The first-order chi connectivity index (χ1) is 10.2. The Kier molecular flexibility index (Phi) is 5.75. The third-order valence-corrected chi connectivity index (χ3v) is 3.59. The minimum atomic E-state index is -0.135. The van der Waals surface area contributed by atoms with Gasteiger partial charge in [-0.05, 0) is 44.0 Å². The highest BCUT2D eigenvalue weighted by molar-refractivity contribution is 5.99. The van der Waals surface area contributed by atoms with Gasteiger partial charge in [-0.3, -0.25) is 9.59 Å². The van der Waals surface area contributed by atoms with Crippen LogP contribution < -0.4 is 16.0 Å². The molecular formula is C16H23N3O2. The summed E-state index contributed by atoms with van der Waals surface area (Å²) in [5.41, 5.74) is 1.05. The second kappa shape index (κ2) is 7.78. The highest BCUT2D eigenvalue weighted by Gasteiger charge is 2.16. The van der Waals surface area contributed by atoms with Gasteiger partial charge in [0, 0.05) is 30.3 Å². The van der Waals surface area contributed by atoms with E-state index in [1.54, 1.807) is 24.3 Å². The average Bonchev–Trinajstić information content (AvgIpc) is 3.03. The maximum atomic E-state index is 12.1. The molecule has 5 nitrogen and oxygen atoms in total. The molecular weight excluding hydrogens is 266 g/mol. The molecule has 21 heavy (non-hydrogen) atoms. The minimum absolute atomic E-state index is 0.131. The van der Waals surface area contributed by atoms with E-state index in [4.69, 9.17) is 0 Å². The molecule has 1 aromatic rings. The van der Waals surface area contributed by atoms with Crippen LogP contribution >= 0.6 is 0 Å². The average molecular weight is 289 g/mol. The van der Waals surface area contributed by atoms with Crippen LogP contribution in [-0.4, -0.2) is 37.5 Å². The maximum Gasteiger partial charge on any atom is 0.251 e. The fraction of sp³-hybridized carbons (Fsp3) is 0.500. The fourth-order valence-electron chi connectivity index (χ4n) is 2.39. The quantitative estimate of drug-likeness (QED) is 0.739. The van der Waals surface area contributed by atoms with E-state index in [1.165, 1.54) is 0 Å².